The molecule has 6 nitrogen and oxygen atoms in total. The Balaban J connectivity index is 1.58. The van der Waals surface area contributed by atoms with E-state index >= 15 is 0 Å². The smallest absolute Gasteiger partial charge is 0.197 e. The van der Waals surface area contributed by atoms with Crippen molar-refractivity contribution < 1.29 is 0 Å². The van der Waals surface area contributed by atoms with Gasteiger partial charge in [0.15, 0.2) is 5.95 Å². The molecule has 1 aromatic heterocycles. The van der Waals surface area contributed by atoms with E-state index in [-0.39, 0.29) is 6.04 Å². The highest BCUT2D eigenvalue weighted by atomic mass is 15.0. The van der Waals surface area contributed by atoms with Gasteiger partial charge in [0.05, 0.1) is 12.2 Å². The molecule has 0 spiro atoms. The van der Waals surface area contributed by atoms with Crippen LogP contribution >= 0.6 is 0 Å². The van der Waals surface area contributed by atoms with Gasteiger partial charge in [0, 0.05) is 12.2 Å². The van der Waals surface area contributed by atoms with Gasteiger partial charge in [0.2, 0.25) is 0 Å². The number of anilines is 1. The van der Waals surface area contributed by atoms with Crippen LogP contribution in [0.4, 0.5) is 5.95 Å². The Hall–Kier alpha value is -1.95. The number of unbranched alkanes of at least 4 members (excludes halogenated alkanes) is 2. The summed E-state index contributed by atoms with van der Waals surface area (Å²) >= 11 is 0. The number of hydrogen-bond donors (Lipinski definition) is 4. The van der Waals surface area contributed by atoms with Gasteiger partial charge in [-0.1, -0.05) is 57.4 Å². The van der Waals surface area contributed by atoms with E-state index in [4.69, 9.17) is 11.3 Å². The number of imidazole rings is 1. The molecular weight excluding hydrogens is 348 g/mol. The number of aryl methyl sites for hydroxylation is 1. The Morgan fingerprint density at radius 2 is 2.14 bits per heavy atom. The van der Waals surface area contributed by atoms with Crippen molar-refractivity contribution in [2.75, 3.05) is 18.8 Å². The Morgan fingerprint density at radius 3 is 2.82 bits per heavy atom. The number of aromatic amines is 1. The van der Waals surface area contributed by atoms with Crippen molar-refractivity contribution in [2.24, 2.45) is 22.9 Å². The van der Waals surface area contributed by atoms with E-state index in [0.717, 1.165) is 50.9 Å². The lowest BCUT2D eigenvalue weighted by Crippen LogP contribution is -2.32. The van der Waals surface area contributed by atoms with E-state index < -0.39 is 0 Å². The number of H-pyrrole nitrogens is 1. The van der Waals surface area contributed by atoms with Gasteiger partial charge >= 0.3 is 0 Å². The summed E-state index contributed by atoms with van der Waals surface area (Å²) in [6.45, 7) is 8.71. The summed E-state index contributed by atoms with van der Waals surface area (Å²) < 4.78 is 0. The Kier molecular flexibility index (Phi) is 9.41. The molecule has 5 N–H and O–H groups in total. The van der Waals surface area contributed by atoms with E-state index in [1.807, 2.05) is 6.20 Å². The van der Waals surface area contributed by atoms with E-state index in [2.05, 4.69) is 59.4 Å². The molecule has 0 fully saturated rings. The number of nitrogen functional groups attached to an aromatic ring is 1. The summed E-state index contributed by atoms with van der Waals surface area (Å²) in [5.74, 6) is 2.31. The molecule has 28 heavy (non-hydrogen) atoms. The molecular formula is C22H38N6. The summed E-state index contributed by atoms with van der Waals surface area (Å²) in [5, 5.41) is 7.37. The summed E-state index contributed by atoms with van der Waals surface area (Å²) in [5.41, 5.74) is 15.7. The normalized spacial score (nSPS) is 19.8. The molecule has 156 valence electrons. The fourth-order valence-electron chi connectivity index (χ4n) is 3.82. The van der Waals surface area contributed by atoms with Gasteiger partial charge in [-0.15, -0.1) is 0 Å². The number of nitrogens with two attached hydrogens (primary N) is 1. The Morgan fingerprint density at radius 1 is 1.32 bits per heavy atom. The first kappa shape index (κ1) is 22.3. The van der Waals surface area contributed by atoms with Crippen LogP contribution in [0.3, 0.4) is 0 Å². The zero-order chi connectivity index (χ0) is 20.4. The summed E-state index contributed by atoms with van der Waals surface area (Å²) in [7, 11) is 0. The summed E-state index contributed by atoms with van der Waals surface area (Å²) in [4.78, 5) is 7.08. The van der Waals surface area contributed by atoms with Crippen LogP contribution in [0.15, 0.2) is 35.1 Å². The highest BCUT2D eigenvalue weighted by Gasteiger charge is 2.19. The number of aromatic nitrogens is 2. The minimum absolute atomic E-state index is 0.0853. The predicted molar refractivity (Wildman–Crippen MR) is 116 cm³/mol. The second-order valence-electron chi connectivity index (χ2n) is 8.41. The minimum Gasteiger partial charge on any atom is -0.369 e. The fraction of sp³-hybridized carbons (Fsp3) is 0.682. The zero-order valence-corrected chi connectivity index (χ0v) is 17.7. The molecule has 1 aliphatic carbocycles. The van der Waals surface area contributed by atoms with Crippen molar-refractivity contribution in [1.29, 1.82) is 5.53 Å². The largest absolute Gasteiger partial charge is 0.369 e. The molecule has 6 heteroatoms. The molecule has 0 aliphatic heterocycles. The van der Waals surface area contributed by atoms with Gasteiger partial charge in [-0.05, 0) is 50.0 Å². The van der Waals surface area contributed by atoms with Crippen molar-refractivity contribution in [1.82, 2.24) is 15.3 Å². The highest BCUT2D eigenvalue weighted by molar-refractivity contribution is 5.21. The van der Waals surface area contributed by atoms with Gasteiger partial charge in [-0.25, -0.2) is 10.5 Å². The van der Waals surface area contributed by atoms with Crippen molar-refractivity contribution in [2.45, 2.75) is 65.3 Å². The average Bonchev–Trinajstić information content (AvgIpc) is 3.10. The van der Waals surface area contributed by atoms with E-state index in [0.29, 0.717) is 23.7 Å². The topological polar surface area (TPSA) is 103 Å². The number of hydrogen-bond acceptors (Lipinski definition) is 5. The molecule has 2 rings (SSSR count). The lowest BCUT2D eigenvalue weighted by molar-refractivity contribution is 0.382. The van der Waals surface area contributed by atoms with Gasteiger partial charge in [-0.2, -0.15) is 5.11 Å². The number of nitrogens with zero attached hydrogens (tertiary/aromatic N) is 2. The monoisotopic (exact) mass is 386 g/mol. The van der Waals surface area contributed by atoms with E-state index in [1.54, 1.807) is 5.57 Å². The molecule has 0 aromatic carbocycles. The summed E-state index contributed by atoms with van der Waals surface area (Å²) in [6, 6.07) is 0.0853. The third kappa shape index (κ3) is 7.58. The molecule has 0 bridgehead atoms. The first-order valence-corrected chi connectivity index (χ1v) is 10.7. The predicted octanol–water partition coefficient (Wildman–Crippen LogP) is 4.88. The number of allylic oxidation sites excluding steroid dienone is 4. The van der Waals surface area contributed by atoms with Crippen molar-refractivity contribution in [3.05, 3.63) is 35.7 Å². The molecule has 1 aliphatic rings. The standard InChI is InChI=1S/C22H38N6/c1-16-8-7-9-19(12-16)18(3)17(2)13-25-14-21(28-24)11-6-4-5-10-20-15-26-22(23)27-20/h7-9,15-18,21,24-25H,4-6,10-14H2,1-3H3,(H3,23,26,27). The van der Waals surface area contributed by atoms with Gasteiger partial charge < -0.3 is 16.0 Å². The SMILES string of the molecule is CC1C=CC=C(C(C)C(C)CNCC(CCCCCc2cnc(N)[nH]2)N=N)C1. The molecule has 1 heterocycles. The first-order chi connectivity index (χ1) is 13.5. The van der Waals surface area contributed by atoms with Crippen LogP contribution in [0.25, 0.3) is 0 Å². The van der Waals surface area contributed by atoms with Gasteiger partial charge in [-0.3, -0.25) is 0 Å². The molecule has 4 atom stereocenters. The number of rotatable bonds is 13. The Bertz CT molecular complexity index is 647. The van der Waals surface area contributed by atoms with Crippen LogP contribution in [0.1, 0.15) is 58.6 Å². The van der Waals surface area contributed by atoms with E-state index in [9.17, 15) is 0 Å². The molecule has 1 aromatic rings. The van der Waals surface area contributed by atoms with Crippen LogP contribution < -0.4 is 11.1 Å². The van der Waals surface area contributed by atoms with E-state index in [1.165, 1.54) is 6.42 Å². The third-order valence-electron chi connectivity index (χ3n) is 5.91. The minimum atomic E-state index is 0.0853. The quantitative estimate of drug-likeness (QED) is 0.287. The zero-order valence-electron chi connectivity index (χ0n) is 17.7. The number of nitrogens with one attached hydrogen (secondary N) is 3. The van der Waals surface area contributed by atoms with Crippen molar-refractivity contribution in [3.63, 3.8) is 0 Å². The van der Waals surface area contributed by atoms with Gasteiger partial charge in [0.25, 0.3) is 0 Å². The molecule has 4 unspecified atom stereocenters. The van der Waals surface area contributed by atoms with Crippen LogP contribution in [-0.2, 0) is 6.42 Å². The molecule has 0 radical (unpaired) electrons. The molecule has 0 saturated carbocycles. The lowest BCUT2D eigenvalue weighted by atomic mass is 9.82. The Labute approximate surface area is 170 Å². The molecule has 0 saturated heterocycles. The second kappa shape index (κ2) is 11.8. The fourth-order valence-corrected chi connectivity index (χ4v) is 3.82. The highest BCUT2D eigenvalue weighted by Crippen LogP contribution is 2.28. The average molecular weight is 387 g/mol. The van der Waals surface area contributed by atoms with Crippen molar-refractivity contribution >= 4 is 5.95 Å². The molecule has 0 amide bonds. The first-order valence-electron chi connectivity index (χ1n) is 10.7. The lowest BCUT2D eigenvalue weighted by Gasteiger charge is -2.26. The maximum Gasteiger partial charge on any atom is 0.197 e. The van der Waals surface area contributed by atoms with Crippen LogP contribution in [0.2, 0.25) is 0 Å². The van der Waals surface area contributed by atoms with Crippen LogP contribution in [0.5, 0.6) is 0 Å². The summed E-state index contributed by atoms with van der Waals surface area (Å²) in [6.07, 6.45) is 15.1. The maximum absolute atomic E-state index is 7.47. The van der Waals surface area contributed by atoms with Crippen LogP contribution in [0, 0.1) is 23.3 Å². The van der Waals surface area contributed by atoms with Gasteiger partial charge in [0.1, 0.15) is 0 Å². The van der Waals surface area contributed by atoms with Crippen molar-refractivity contribution in [3.8, 4) is 0 Å². The maximum atomic E-state index is 7.47. The van der Waals surface area contributed by atoms with Crippen LogP contribution in [-0.4, -0.2) is 29.1 Å². The second-order valence-corrected chi connectivity index (χ2v) is 8.41. The third-order valence-corrected chi connectivity index (χ3v) is 5.91.